The Morgan fingerprint density at radius 3 is 2.47 bits per heavy atom. The van der Waals surface area contributed by atoms with Crippen LogP contribution in [0, 0.1) is 11.8 Å². The summed E-state index contributed by atoms with van der Waals surface area (Å²) in [6, 6.07) is 7.88. The van der Waals surface area contributed by atoms with E-state index in [4.69, 9.17) is 4.74 Å². The Labute approximate surface area is 100.0 Å². The van der Waals surface area contributed by atoms with Crippen LogP contribution >= 0.6 is 15.9 Å². The van der Waals surface area contributed by atoms with Crippen molar-refractivity contribution in [3.05, 3.63) is 29.8 Å². The van der Waals surface area contributed by atoms with Crippen molar-refractivity contribution in [2.45, 2.75) is 26.4 Å². The van der Waals surface area contributed by atoms with Crippen LogP contribution in [0.2, 0.25) is 0 Å². The summed E-state index contributed by atoms with van der Waals surface area (Å²) in [7, 11) is 0. The van der Waals surface area contributed by atoms with Gasteiger partial charge in [-0.2, -0.15) is 0 Å². The highest BCUT2D eigenvalue weighted by molar-refractivity contribution is 9.09. The third-order valence-electron chi connectivity index (χ3n) is 1.68. The number of halogens is 1. The first-order valence-electron chi connectivity index (χ1n) is 5.04. The molecule has 1 aromatic rings. The topological polar surface area (TPSA) is 9.23 Å². The Bertz CT molecular complexity index is 343. The maximum absolute atomic E-state index is 5.54. The molecule has 0 N–H and O–H groups in total. The molecule has 0 spiro atoms. The van der Waals surface area contributed by atoms with E-state index < -0.39 is 0 Å². The third kappa shape index (κ3) is 4.90. The zero-order valence-corrected chi connectivity index (χ0v) is 10.7. The van der Waals surface area contributed by atoms with Gasteiger partial charge in [0.1, 0.15) is 5.75 Å². The maximum Gasteiger partial charge on any atom is 0.119 e. The molecule has 0 aliphatic carbocycles. The van der Waals surface area contributed by atoms with Gasteiger partial charge in [-0.25, -0.2) is 0 Å². The first kappa shape index (κ1) is 12.1. The lowest BCUT2D eigenvalue weighted by atomic mass is 10.2. The Kier molecular flexibility index (Phi) is 5.28. The Balaban J connectivity index is 2.61. The zero-order chi connectivity index (χ0) is 11.1. The second kappa shape index (κ2) is 6.53. The Morgan fingerprint density at radius 2 is 1.93 bits per heavy atom. The summed E-state index contributed by atoms with van der Waals surface area (Å²) in [5.41, 5.74) is 1.03. The highest BCUT2D eigenvalue weighted by atomic mass is 79.9. The molecule has 0 atom stereocenters. The van der Waals surface area contributed by atoms with Gasteiger partial charge in [-0.3, -0.25) is 0 Å². The van der Waals surface area contributed by atoms with Crippen molar-refractivity contribution in [3.63, 3.8) is 0 Å². The van der Waals surface area contributed by atoms with Crippen molar-refractivity contribution in [3.8, 4) is 17.6 Å². The van der Waals surface area contributed by atoms with Crippen LogP contribution in [0.1, 0.15) is 25.8 Å². The van der Waals surface area contributed by atoms with Gasteiger partial charge in [-0.1, -0.05) is 27.8 Å². The smallest absolute Gasteiger partial charge is 0.119 e. The normalized spacial score (nSPS) is 9.60. The van der Waals surface area contributed by atoms with E-state index in [2.05, 4.69) is 27.8 Å². The quantitative estimate of drug-likeness (QED) is 0.600. The van der Waals surface area contributed by atoms with Crippen LogP contribution in [0.3, 0.4) is 0 Å². The molecule has 1 aromatic carbocycles. The van der Waals surface area contributed by atoms with Crippen molar-refractivity contribution < 1.29 is 4.74 Å². The average molecular weight is 267 g/mol. The molecule has 80 valence electrons. The van der Waals surface area contributed by atoms with Gasteiger partial charge in [0.25, 0.3) is 0 Å². The molecule has 0 aliphatic rings. The minimum atomic E-state index is 0.218. The fourth-order valence-electron chi connectivity index (χ4n) is 1.10. The van der Waals surface area contributed by atoms with Gasteiger partial charge >= 0.3 is 0 Å². The second-order valence-electron chi connectivity index (χ2n) is 3.43. The molecule has 0 heterocycles. The van der Waals surface area contributed by atoms with Crippen LogP contribution in [0.5, 0.6) is 5.75 Å². The summed E-state index contributed by atoms with van der Waals surface area (Å²) >= 11 is 3.34. The van der Waals surface area contributed by atoms with Gasteiger partial charge in [0.2, 0.25) is 0 Å². The van der Waals surface area contributed by atoms with Gasteiger partial charge in [0, 0.05) is 17.3 Å². The summed E-state index contributed by atoms with van der Waals surface area (Å²) in [6.07, 6.45) is 1.10. The molecule has 15 heavy (non-hydrogen) atoms. The molecule has 2 heteroatoms. The van der Waals surface area contributed by atoms with E-state index in [-0.39, 0.29) is 6.10 Å². The number of hydrogen-bond acceptors (Lipinski definition) is 1. The zero-order valence-electron chi connectivity index (χ0n) is 9.09. The van der Waals surface area contributed by atoms with Crippen molar-refractivity contribution in [2.24, 2.45) is 0 Å². The summed E-state index contributed by atoms with van der Waals surface area (Å²) in [5, 5.41) is 0.925. The molecule has 0 amide bonds. The maximum atomic E-state index is 5.54. The van der Waals surface area contributed by atoms with E-state index in [9.17, 15) is 0 Å². The predicted molar refractivity (Wildman–Crippen MR) is 67.5 cm³/mol. The molecule has 0 aromatic heterocycles. The van der Waals surface area contributed by atoms with E-state index in [1.807, 2.05) is 38.1 Å². The predicted octanol–water partition coefficient (Wildman–Crippen LogP) is 3.61. The van der Waals surface area contributed by atoms with Gasteiger partial charge in [0.05, 0.1) is 6.10 Å². The van der Waals surface area contributed by atoms with Crippen molar-refractivity contribution in [2.75, 3.05) is 5.33 Å². The molecule has 0 saturated heterocycles. The first-order chi connectivity index (χ1) is 7.22. The van der Waals surface area contributed by atoms with Crippen LogP contribution in [0.15, 0.2) is 24.3 Å². The van der Waals surface area contributed by atoms with Crippen LogP contribution in [-0.2, 0) is 0 Å². The van der Waals surface area contributed by atoms with E-state index in [1.54, 1.807) is 0 Å². The molecular weight excluding hydrogens is 252 g/mol. The lowest BCUT2D eigenvalue weighted by molar-refractivity contribution is 0.242. The minimum Gasteiger partial charge on any atom is -0.491 e. The summed E-state index contributed by atoms with van der Waals surface area (Å²) < 4.78 is 5.54. The van der Waals surface area contributed by atoms with E-state index >= 15 is 0 Å². The highest BCUT2D eigenvalue weighted by Crippen LogP contribution is 2.13. The second-order valence-corrected chi connectivity index (χ2v) is 4.22. The van der Waals surface area contributed by atoms with E-state index in [0.29, 0.717) is 0 Å². The SMILES string of the molecule is CC(C)Oc1ccc(C#CCCBr)cc1. The molecule has 1 rings (SSSR count). The van der Waals surface area contributed by atoms with Crippen LogP contribution in [0.4, 0.5) is 0 Å². The molecule has 1 nitrogen and oxygen atoms in total. The summed E-state index contributed by atoms with van der Waals surface area (Å²) in [5.74, 6) is 7.06. The first-order valence-corrected chi connectivity index (χ1v) is 6.16. The van der Waals surface area contributed by atoms with Crippen LogP contribution in [-0.4, -0.2) is 11.4 Å². The van der Waals surface area contributed by atoms with E-state index in [0.717, 1.165) is 23.1 Å². The van der Waals surface area contributed by atoms with Crippen LogP contribution < -0.4 is 4.74 Å². The molecule has 0 radical (unpaired) electrons. The molecule has 0 aliphatic heterocycles. The van der Waals surface area contributed by atoms with Gasteiger partial charge in [-0.15, -0.1) is 0 Å². The number of benzene rings is 1. The third-order valence-corrected chi connectivity index (χ3v) is 2.07. The van der Waals surface area contributed by atoms with Gasteiger partial charge < -0.3 is 4.74 Å². The number of ether oxygens (including phenoxy) is 1. The number of rotatable bonds is 3. The fraction of sp³-hybridized carbons (Fsp3) is 0.385. The molecule has 0 unspecified atom stereocenters. The van der Waals surface area contributed by atoms with Crippen molar-refractivity contribution >= 4 is 15.9 Å². The number of alkyl halides is 1. The molecule has 0 fully saturated rings. The Morgan fingerprint density at radius 1 is 1.27 bits per heavy atom. The van der Waals surface area contributed by atoms with Crippen LogP contribution in [0.25, 0.3) is 0 Å². The Hall–Kier alpha value is -0.940. The van der Waals surface area contributed by atoms with Gasteiger partial charge in [-0.05, 0) is 38.1 Å². The monoisotopic (exact) mass is 266 g/mol. The largest absolute Gasteiger partial charge is 0.491 e. The van der Waals surface area contributed by atoms with Crippen molar-refractivity contribution in [1.29, 1.82) is 0 Å². The summed E-state index contributed by atoms with van der Waals surface area (Å²) in [6.45, 7) is 4.04. The average Bonchev–Trinajstić information content (AvgIpc) is 2.20. The molecular formula is C13H15BrO. The van der Waals surface area contributed by atoms with E-state index in [1.165, 1.54) is 0 Å². The lowest BCUT2D eigenvalue weighted by Gasteiger charge is -2.08. The lowest BCUT2D eigenvalue weighted by Crippen LogP contribution is -2.05. The minimum absolute atomic E-state index is 0.218. The highest BCUT2D eigenvalue weighted by Gasteiger charge is 1.95. The number of hydrogen-bond donors (Lipinski definition) is 0. The fourth-order valence-corrected chi connectivity index (χ4v) is 1.30. The van der Waals surface area contributed by atoms with Crippen molar-refractivity contribution in [1.82, 2.24) is 0 Å². The molecule has 0 saturated carbocycles. The van der Waals surface area contributed by atoms with Gasteiger partial charge in [0.15, 0.2) is 0 Å². The standard InChI is InChI=1S/C13H15BrO/c1-11(2)15-13-8-6-12(7-9-13)5-3-4-10-14/h6-9,11H,4,10H2,1-2H3. The summed E-state index contributed by atoms with van der Waals surface area (Å²) in [4.78, 5) is 0. The molecule has 0 bridgehead atoms.